The number of aromatic nitrogens is 2. The molecule has 4 aromatic carbocycles. The summed E-state index contributed by atoms with van der Waals surface area (Å²) in [6, 6.07) is 40.6. The molecule has 2 heterocycles. The van der Waals surface area contributed by atoms with Gasteiger partial charge in [-0.1, -0.05) is 103 Å². The third-order valence-electron chi connectivity index (χ3n) is 7.98. The number of fused-ring (bicyclic) bond motifs is 1. The molecule has 0 saturated heterocycles. The van der Waals surface area contributed by atoms with Crippen LogP contribution in [0.3, 0.4) is 0 Å². The highest BCUT2D eigenvalue weighted by Crippen LogP contribution is 2.54. The van der Waals surface area contributed by atoms with Crippen molar-refractivity contribution >= 4 is 11.6 Å². The van der Waals surface area contributed by atoms with Crippen molar-refractivity contribution < 1.29 is 0 Å². The molecule has 0 amide bonds. The van der Waals surface area contributed by atoms with Gasteiger partial charge in [-0.2, -0.15) is 0 Å². The quantitative estimate of drug-likeness (QED) is 0.263. The molecule has 0 fully saturated rings. The predicted octanol–water partition coefficient (Wildman–Crippen LogP) is 8.55. The zero-order valence-corrected chi connectivity index (χ0v) is 21.3. The van der Waals surface area contributed by atoms with Crippen LogP contribution in [0.2, 0.25) is 0 Å². The first-order valence-corrected chi connectivity index (χ1v) is 12.6. The average Bonchev–Trinajstić information content (AvgIpc) is 3.37. The molecule has 36 heavy (non-hydrogen) atoms. The number of anilines is 2. The first-order valence-electron chi connectivity index (χ1n) is 12.6. The van der Waals surface area contributed by atoms with Crippen molar-refractivity contribution in [3.05, 3.63) is 115 Å². The molecule has 0 spiro atoms. The van der Waals surface area contributed by atoms with Gasteiger partial charge in [0, 0.05) is 16.8 Å². The van der Waals surface area contributed by atoms with Crippen LogP contribution in [0.1, 0.15) is 27.7 Å². The Hall–Kier alpha value is -4.11. The number of nitrogens with zero attached hydrogens (tertiary/aromatic N) is 3. The SMILES string of the molecule is CC1(C)N(c2cccc(-c3ccccc3)c2)c2nc(-c3ccccc3)c(-c3ccccc3)n2C1(C)C. The lowest BCUT2D eigenvalue weighted by Gasteiger charge is -2.42. The molecule has 0 radical (unpaired) electrons. The van der Waals surface area contributed by atoms with Crippen molar-refractivity contribution in [3.8, 4) is 33.6 Å². The van der Waals surface area contributed by atoms with Gasteiger partial charge in [0.2, 0.25) is 5.95 Å². The van der Waals surface area contributed by atoms with Crippen LogP contribution in [0.5, 0.6) is 0 Å². The highest BCUT2D eigenvalue weighted by atomic mass is 15.4. The van der Waals surface area contributed by atoms with Crippen LogP contribution in [0, 0.1) is 0 Å². The van der Waals surface area contributed by atoms with Crippen LogP contribution in [0.15, 0.2) is 115 Å². The van der Waals surface area contributed by atoms with E-state index in [9.17, 15) is 0 Å². The van der Waals surface area contributed by atoms with E-state index in [4.69, 9.17) is 4.98 Å². The Balaban J connectivity index is 1.61. The van der Waals surface area contributed by atoms with Crippen LogP contribution in [-0.4, -0.2) is 15.1 Å². The minimum atomic E-state index is -0.226. The Labute approximate surface area is 213 Å². The van der Waals surface area contributed by atoms with E-state index in [1.54, 1.807) is 0 Å². The molecule has 6 rings (SSSR count). The van der Waals surface area contributed by atoms with Gasteiger partial charge in [0.1, 0.15) is 0 Å². The summed E-state index contributed by atoms with van der Waals surface area (Å²) in [7, 11) is 0. The summed E-state index contributed by atoms with van der Waals surface area (Å²) in [6.45, 7) is 9.32. The summed E-state index contributed by atoms with van der Waals surface area (Å²) < 4.78 is 2.46. The second kappa shape index (κ2) is 8.23. The summed E-state index contributed by atoms with van der Waals surface area (Å²) in [5.41, 5.74) is 7.62. The molecule has 0 bridgehead atoms. The topological polar surface area (TPSA) is 21.1 Å². The molecule has 0 saturated carbocycles. The van der Waals surface area contributed by atoms with Crippen LogP contribution in [0.25, 0.3) is 33.6 Å². The van der Waals surface area contributed by atoms with Gasteiger partial charge < -0.3 is 9.47 Å². The number of imidazole rings is 1. The summed E-state index contributed by atoms with van der Waals surface area (Å²) >= 11 is 0. The van der Waals surface area contributed by atoms with Gasteiger partial charge >= 0.3 is 0 Å². The minimum Gasteiger partial charge on any atom is -0.304 e. The maximum absolute atomic E-state index is 5.38. The van der Waals surface area contributed by atoms with E-state index < -0.39 is 0 Å². The van der Waals surface area contributed by atoms with Crippen molar-refractivity contribution in [2.45, 2.75) is 38.8 Å². The lowest BCUT2D eigenvalue weighted by Crippen LogP contribution is -2.50. The maximum Gasteiger partial charge on any atom is 0.212 e. The molecular weight excluding hydrogens is 438 g/mol. The summed E-state index contributed by atoms with van der Waals surface area (Å²) in [5, 5.41) is 0. The number of hydrogen-bond acceptors (Lipinski definition) is 2. The molecular formula is C33H31N3. The monoisotopic (exact) mass is 469 g/mol. The van der Waals surface area contributed by atoms with Gasteiger partial charge in [0.15, 0.2) is 0 Å². The van der Waals surface area contributed by atoms with E-state index in [1.807, 2.05) is 0 Å². The normalized spacial score (nSPS) is 15.6. The zero-order valence-electron chi connectivity index (χ0n) is 21.3. The molecule has 3 heteroatoms. The third-order valence-corrected chi connectivity index (χ3v) is 7.98. The van der Waals surface area contributed by atoms with Crippen molar-refractivity contribution in [3.63, 3.8) is 0 Å². The number of rotatable bonds is 4. The van der Waals surface area contributed by atoms with Crippen molar-refractivity contribution in [1.82, 2.24) is 9.55 Å². The first-order chi connectivity index (χ1) is 17.4. The Morgan fingerprint density at radius 2 is 1.06 bits per heavy atom. The standard InChI is InChI=1S/C33H31N3/c1-32(2)33(3,4)36-30(26-19-12-7-13-20-26)29(25-17-10-6-11-18-25)34-31(36)35(32)28-22-14-21-27(23-28)24-15-8-5-9-16-24/h5-23H,1-4H3. The van der Waals surface area contributed by atoms with Crippen LogP contribution in [0.4, 0.5) is 11.6 Å². The lowest BCUT2D eigenvalue weighted by atomic mass is 9.81. The van der Waals surface area contributed by atoms with Crippen LogP contribution >= 0.6 is 0 Å². The van der Waals surface area contributed by atoms with Gasteiger partial charge in [0.05, 0.1) is 22.5 Å². The summed E-state index contributed by atoms with van der Waals surface area (Å²) in [5.74, 6) is 0.980. The fourth-order valence-corrected chi connectivity index (χ4v) is 5.44. The Morgan fingerprint density at radius 1 is 0.528 bits per heavy atom. The van der Waals surface area contributed by atoms with Crippen molar-refractivity contribution in [1.29, 1.82) is 0 Å². The predicted molar refractivity (Wildman–Crippen MR) is 151 cm³/mol. The van der Waals surface area contributed by atoms with Gasteiger partial charge in [0.25, 0.3) is 0 Å². The first kappa shape index (κ1) is 22.4. The molecule has 5 aromatic rings. The van der Waals surface area contributed by atoms with E-state index in [0.717, 1.165) is 28.6 Å². The van der Waals surface area contributed by atoms with Crippen LogP contribution in [-0.2, 0) is 5.54 Å². The van der Waals surface area contributed by atoms with E-state index in [2.05, 4.69) is 152 Å². The van der Waals surface area contributed by atoms with E-state index in [0.29, 0.717) is 0 Å². The molecule has 1 aliphatic heterocycles. The largest absolute Gasteiger partial charge is 0.304 e. The molecule has 0 unspecified atom stereocenters. The smallest absolute Gasteiger partial charge is 0.212 e. The summed E-state index contributed by atoms with van der Waals surface area (Å²) in [4.78, 5) is 7.81. The molecule has 0 atom stereocenters. The third kappa shape index (κ3) is 3.30. The molecule has 1 aliphatic rings. The van der Waals surface area contributed by atoms with Crippen LogP contribution < -0.4 is 4.90 Å². The number of benzene rings is 4. The molecule has 3 nitrogen and oxygen atoms in total. The number of hydrogen-bond donors (Lipinski definition) is 0. The van der Waals surface area contributed by atoms with E-state index >= 15 is 0 Å². The fraction of sp³-hybridized carbons (Fsp3) is 0.182. The average molecular weight is 470 g/mol. The molecule has 0 aliphatic carbocycles. The van der Waals surface area contributed by atoms with Gasteiger partial charge in [-0.3, -0.25) is 0 Å². The van der Waals surface area contributed by atoms with E-state index in [-0.39, 0.29) is 11.1 Å². The summed E-state index contributed by atoms with van der Waals surface area (Å²) in [6.07, 6.45) is 0. The molecule has 178 valence electrons. The van der Waals surface area contributed by atoms with Crippen molar-refractivity contribution in [2.75, 3.05) is 4.90 Å². The second-order valence-corrected chi connectivity index (χ2v) is 10.5. The second-order valence-electron chi connectivity index (χ2n) is 10.5. The Kier molecular flexibility index (Phi) is 5.11. The molecule has 1 aromatic heterocycles. The van der Waals surface area contributed by atoms with Gasteiger partial charge in [-0.25, -0.2) is 4.98 Å². The maximum atomic E-state index is 5.38. The Morgan fingerprint density at radius 3 is 1.67 bits per heavy atom. The van der Waals surface area contributed by atoms with Crippen molar-refractivity contribution in [2.24, 2.45) is 0 Å². The fourth-order valence-electron chi connectivity index (χ4n) is 5.44. The van der Waals surface area contributed by atoms with E-state index in [1.165, 1.54) is 16.7 Å². The highest BCUT2D eigenvalue weighted by Gasteiger charge is 2.54. The minimum absolute atomic E-state index is 0.219. The Bertz CT molecular complexity index is 1510. The van der Waals surface area contributed by atoms with Gasteiger partial charge in [-0.15, -0.1) is 0 Å². The van der Waals surface area contributed by atoms with Gasteiger partial charge in [-0.05, 0) is 51.0 Å². The lowest BCUT2D eigenvalue weighted by molar-refractivity contribution is 0.249. The molecule has 0 N–H and O–H groups in total. The highest BCUT2D eigenvalue weighted by molar-refractivity contribution is 5.84. The zero-order chi connectivity index (χ0) is 24.9.